The molecule has 3 rings (SSSR count). The summed E-state index contributed by atoms with van der Waals surface area (Å²) in [6.07, 6.45) is 4.49. The van der Waals surface area contributed by atoms with Crippen LogP contribution in [-0.4, -0.2) is 26.3 Å². The van der Waals surface area contributed by atoms with Crippen LogP contribution < -0.4 is 5.32 Å². The molecule has 0 aliphatic carbocycles. The van der Waals surface area contributed by atoms with E-state index in [2.05, 4.69) is 33.4 Å². The van der Waals surface area contributed by atoms with Gasteiger partial charge in [-0.05, 0) is 12.5 Å². The highest BCUT2D eigenvalue weighted by Gasteiger charge is 2.16. The quantitative estimate of drug-likeness (QED) is 0.891. The molecule has 0 atom stereocenters. The zero-order chi connectivity index (χ0) is 13.2. The van der Waals surface area contributed by atoms with Gasteiger partial charge >= 0.3 is 0 Å². The Labute approximate surface area is 113 Å². The minimum atomic E-state index is 0.829. The Morgan fingerprint density at radius 2 is 2.26 bits per heavy atom. The molecule has 0 spiro atoms. The van der Waals surface area contributed by atoms with E-state index in [0.717, 1.165) is 43.7 Å². The van der Waals surface area contributed by atoms with E-state index >= 15 is 0 Å². The van der Waals surface area contributed by atoms with E-state index in [1.165, 1.54) is 17.0 Å². The number of nitrogens with zero attached hydrogens (tertiary/aromatic N) is 4. The number of aryl methyl sites for hydroxylation is 2. The van der Waals surface area contributed by atoms with Crippen molar-refractivity contribution in [2.45, 2.75) is 32.7 Å². The van der Waals surface area contributed by atoms with Gasteiger partial charge in [0.15, 0.2) is 0 Å². The molecule has 100 valence electrons. The number of rotatable bonds is 3. The maximum atomic E-state index is 4.49. The van der Waals surface area contributed by atoms with Crippen LogP contribution in [0, 0.1) is 0 Å². The molecule has 0 bridgehead atoms. The summed E-state index contributed by atoms with van der Waals surface area (Å²) in [6.45, 7) is 4.02. The lowest BCUT2D eigenvalue weighted by Crippen LogP contribution is -2.26. The average Bonchev–Trinajstić information content (AvgIpc) is 2.80. The molecule has 0 radical (unpaired) electrons. The first-order valence-electron chi connectivity index (χ1n) is 6.82. The molecule has 0 saturated heterocycles. The van der Waals surface area contributed by atoms with Crippen molar-refractivity contribution in [3.05, 3.63) is 40.7 Å². The molecule has 0 saturated carbocycles. The van der Waals surface area contributed by atoms with Gasteiger partial charge in [-0.3, -0.25) is 4.68 Å². The van der Waals surface area contributed by atoms with Crippen LogP contribution in [0.5, 0.6) is 0 Å². The van der Waals surface area contributed by atoms with E-state index < -0.39 is 0 Å². The standard InChI is InChI=1S/C14H19N5/c1-3-10-6-11(19(2)18-10)7-14-12-8-15-5-4-13(12)16-9-17-14/h6,9,15H,3-5,7-8H2,1-2H3. The van der Waals surface area contributed by atoms with Crippen molar-refractivity contribution in [3.8, 4) is 0 Å². The van der Waals surface area contributed by atoms with Crippen LogP contribution >= 0.6 is 0 Å². The van der Waals surface area contributed by atoms with Crippen molar-refractivity contribution in [2.24, 2.45) is 7.05 Å². The first kappa shape index (κ1) is 12.3. The molecule has 1 N–H and O–H groups in total. The van der Waals surface area contributed by atoms with Gasteiger partial charge in [0.05, 0.1) is 11.4 Å². The second-order valence-electron chi connectivity index (χ2n) is 4.95. The predicted molar refractivity (Wildman–Crippen MR) is 72.8 cm³/mol. The Bertz CT molecular complexity index is 588. The summed E-state index contributed by atoms with van der Waals surface area (Å²) in [5, 5.41) is 7.89. The van der Waals surface area contributed by atoms with Crippen LogP contribution in [0.4, 0.5) is 0 Å². The van der Waals surface area contributed by atoms with Crippen molar-refractivity contribution >= 4 is 0 Å². The summed E-state index contributed by atoms with van der Waals surface area (Å²) in [7, 11) is 2.00. The van der Waals surface area contributed by atoms with E-state index in [4.69, 9.17) is 0 Å². The van der Waals surface area contributed by atoms with Crippen molar-refractivity contribution < 1.29 is 0 Å². The van der Waals surface area contributed by atoms with Gasteiger partial charge in [-0.2, -0.15) is 5.10 Å². The third-order valence-corrected chi connectivity index (χ3v) is 3.70. The third-order valence-electron chi connectivity index (χ3n) is 3.70. The van der Waals surface area contributed by atoms with Crippen LogP contribution in [0.15, 0.2) is 12.4 Å². The minimum absolute atomic E-state index is 0.829. The average molecular weight is 257 g/mol. The Balaban J connectivity index is 1.92. The molecule has 2 aromatic heterocycles. The maximum absolute atomic E-state index is 4.49. The Kier molecular flexibility index (Phi) is 3.29. The van der Waals surface area contributed by atoms with Gasteiger partial charge in [0.1, 0.15) is 6.33 Å². The fourth-order valence-electron chi connectivity index (χ4n) is 2.56. The fourth-order valence-corrected chi connectivity index (χ4v) is 2.56. The lowest BCUT2D eigenvalue weighted by Gasteiger charge is -2.18. The van der Waals surface area contributed by atoms with Gasteiger partial charge in [0.2, 0.25) is 0 Å². The summed E-state index contributed by atoms with van der Waals surface area (Å²) >= 11 is 0. The molecular formula is C14H19N5. The number of nitrogens with one attached hydrogen (secondary N) is 1. The molecule has 5 nitrogen and oxygen atoms in total. The lowest BCUT2D eigenvalue weighted by molar-refractivity contribution is 0.615. The van der Waals surface area contributed by atoms with Gasteiger partial charge in [0.25, 0.3) is 0 Å². The Hall–Kier alpha value is -1.75. The summed E-state index contributed by atoms with van der Waals surface area (Å²) < 4.78 is 1.96. The highest BCUT2D eigenvalue weighted by atomic mass is 15.3. The molecular weight excluding hydrogens is 238 g/mol. The van der Waals surface area contributed by atoms with Gasteiger partial charge in [-0.25, -0.2) is 9.97 Å². The Morgan fingerprint density at radius 3 is 3.05 bits per heavy atom. The first-order valence-corrected chi connectivity index (χ1v) is 6.82. The van der Waals surface area contributed by atoms with E-state index in [-0.39, 0.29) is 0 Å². The number of hydrogen-bond donors (Lipinski definition) is 1. The fraction of sp³-hybridized carbons (Fsp3) is 0.500. The largest absolute Gasteiger partial charge is 0.312 e. The summed E-state index contributed by atoms with van der Waals surface area (Å²) in [5.41, 5.74) is 5.94. The van der Waals surface area contributed by atoms with Gasteiger partial charge < -0.3 is 5.32 Å². The second-order valence-corrected chi connectivity index (χ2v) is 4.95. The van der Waals surface area contributed by atoms with Crippen molar-refractivity contribution in [2.75, 3.05) is 6.54 Å². The highest BCUT2D eigenvalue weighted by Crippen LogP contribution is 2.17. The molecule has 0 amide bonds. The molecule has 3 heterocycles. The van der Waals surface area contributed by atoms with E-state index in [0.29, 0.717) is 0 Å². The molecule has 0 aromatic carbocycles. The number of aromatic nitrogens is 4. The molecule has 1 aliphatic rings. The highest BCUT2D eigenvalue weighted by molar-refractivity contribution is 5.30. The van der Waals surface area contributed by atoms with Gasteiger partial charge in [-0.1, -0.05) is 6.92 Å². The zero-order valence-electron chi connectivity index (χ0n) is 11.5. The number of hydrogen-bond acceptors (Lipinski definition) is 4. The van der Waals surface area contributed by atoms with Crippen molar-refractivity contribution in [3.63, 3.8) is 0 Å². The molecule has 0 unspecified atom stereocenters. The summed E-state index contributed by atoms with van der Waals surface area (Å²) in [5.74, 6) is 0. The van der Waals surface area contributed by atoms with E-state index in [1.807, 2.05) is 11.7 Å². The minimum Gasteiger partial charge on any atom is -0.312 e. The molecule has 2 aromatic rings. The van der Waals surface area contributed by atoms with Gasteiger partial charge in [0, 0.05) is 49.9 Å². The summed E-state index contributed by atoms with van der Waals surface area (Å²) in [6, 6.07) is 2.17. The molecule has 1 aliphatic heterocycles. The molecule has 5 heteroatoms. The third kappa shape index (κ3) is 2.38. The van der Waals surface area contributed by atoms with Gasteiger partial charge in [-0.15, -0.1) is 0 Å². The van der Waals surface area contributed by atoms with Crippen LogP contribution in [-0.2, 0) is 32.9 Å². The summed E-state index contributed by atoms with van der Waals surface area (Å²) in [4.78, 5) is 8.86. The van der Waals surface area contributed by atoms with Crippen molar-refractivity contribution in [1.82, 2.24) is 25.1 Å². The van der Waals surface area contributed by atoms with Crippen LogP contribution in [0.1, 0.15) is 35.3 Å². The van der Waals surface area contributed by atoms with Crippen LogP contribution in [0.25, 0.3) is 0 Å². The number of fused-ring (bicyclic) bond motifs is 1. The zero-order valence-corrected chi connectivity index (χ0v) is 11.5. The lowest BCUT2D eigenvalue weighted by atomic mass is 10.0. The smallest absolute Gasteiger partial charge is 0.115 e. The van der Waals surface area contributed by atoms with Crippen LogP contribution in [0.2, 0.25) is 0 Å². The van der Waals surface area contributed by atoms with Crippen LogP contribution in [0.3, 0.4) is 0 Å². The molecule has 0 fully saturated rings. The monoisotopic (exact) mass is 257 g/mol. The second kappa shape index (κ2) is 5.09. The van der Waals surface area contributed by atoms with E-state index in [1.54, 1.807) is 6.33 Å². The SMILES string of the molecule is CCc1cc(Cc2ncnc3c2CNCC3)n(C)n1. The first-order chi connectivity index (χ1) is 9.28. The normalized spacial score (nSPS) is 14.4. The Morgan fingerprint density at radius 1 is 1.37 bits per heavy atom. The van der Waals surface area contributed by atoms with Crippen molar-refractivity contribution in [1.29, 1.82) is 0 Å². The maximum Gasteiger partial charge on any atom is 0.115 e. The predicted octanol–water partition coefficient (Wildman–Crippen LogP) is 1.01. The van der Waals surface area contributed by atoms with E-state index in [9.17, 15) is 0 Å². The molecule has 19 heavy (non-hydrogen) atoms. The topological polar surface area (TPSA) is 55.6 Å².